The Morgan fingerprint density at radius 3 is 2.83 bits per heavy atom. The summed E-state index contributed by atoms with van der Waals surface area (Å²) in [7, 11) is 3.73. The number of thiophene rings is 1. The first-order valence-corrected chi connectivity index (χ1v) is 9.19. The van der Waals surface area contributed by atoms with Gasteiger partial charge in [-0.15, -0.1) is 22.7 Å². The number of hydrogen-bond acceptors (Lipinski definition) is 5. The number of fused-ring (bicyclic) bond motifs is 2. The molecule has 1 amide bonds. The maximum atomic E-state index is 12.7. The Morgan fingerprint density at radius 2 is 2.08 bits per heavy atom. The molecule has 1 aromatic carbocycles. The summed E-state index contributed by atoms with van der Waals surface area (Å²) >= 11 is 3.12. The van der Waals surface area contributed by atoms with Crippen LogP contribution in [0.1, 0.15) is 20.4 Å². The van der Waals surface area contributed by atoms with Crippen molar-refractivity contribution in [3.8, 4) is 0 Å². The Labute approximate surface area is 147 Å². The molecule has 0 atom stereocenters. The Kier molecular flexibility index (Phi) is 3.62. The van der Waals surface area contributed by atoms with Gasteiger partial charge in [0.2, 0.25) is 0 Å². The van der Waals surface area contributed by atoms with E-state index in [1.807, 2.05) is 50.0 Å². The first-order chi connectivity index (χ1) is 11.5. The average Bonchev–Trinajstić information content (AvgIpc) is 3.22. The lowest BCUT2D eigenvalue weighted by molar-refractivity contribution is 0.0790. The fourth-order valence-corrected chi connectivity index (χ4v) is 4.90. The molecular formula is C17H16N4OS2. The molecule has 0 N–H and O–H groups in total. The van der Waals surface area contributed by atoms with Crippen LogP contribution < -0.4 is 0 Å². The summed E-state index contributed by atoms with van der Waals surface area (Å²) in [6.07, 6.45) is 0. The largest absolute Gasteiger partial charge is 0.334 e. The van der Waals surface area contributed by atoms with Crippen molar-refractivity contribution >= 4 is 49.0 Å². The van der Waals surface area contributed by atoms with E-state index in [0.717, 1.165) is 36.0 Å². The minimum atomic E-state index is 0.0230. The van der Waals surface area contributed by atoms with Crippen LogP contribution in [-0.2, 0) is 13.6 Å². The third-order valence-corrected chi connectivity index (χ3v) is 6.18. The number of aromatic nitrogens is 3. The van der Waals surface area contributed by atoms with E-state index in [1.165, 1.54) is 11.3 Å². The molecule has 24 heavy (non-hydrogen) atoms. The van der Waals surface area contributed by atoms with Crippen LogP contribution in [0, 0.1) is 6.92 Å². The Balaban J connectivity index is 1.59. The molecule has 5 nitrogen and oxygen atoms in total. The number of carbonyl (C=O) groups excluding carboxylic acids is 1. The zero-order valence-corrected chi connectivity index (χ0v) is 15.2. The Bertz CT molecular complexity index is 992. The van der Waals surface area contributed by atoms with E-state index in [0.29, 0.717) is 6.54 Å². The zero-order valence-electron chi connectivity index (χ0n) is 13.6. The molecule has 0 aliphatic carbocycles. The topological polar surface area (TPSA) is 51.0 Å². The zero-order chi connectivity index (χ0) is 16.8. The highest BCUT2D eigenvalue weighted by molar-refractivity contribution is 7.20. The molecule has 0 saturated heterocycles. The first kappa shape index (κ1) is 15.3. The van der Waals surface area contributed by atoms with Crippen LogP contribution in [0.5, 0.6) is 0 Å². The van der Waals surface area contributed by atoms with E-state index in [9.17, 15) is 4.79 Å². The van der Waals surface area contributed by atoms with Crippen molar-refractivity contribution < 1.29 is 4.79 Å². The smallest absolute Gasteiger partial charge is 0.264 e. The molecule has 0 spiro atoms. The molecule has 3 heterocycles. The maximum Gasteiger partial charge on any atom is 0.264 e. The first-order valence-electron chi connectivity index (χ1n) is 7.56. The molecule has 0 fully saturated rings. The van der Waals surface area contributed by atoms with Crippen molar-refractivity contribution in [3.05, 3.63) is 45.9 Å². The van der Waals surface area contributed by atoms with Crippen LogP contribution in [0.25, 0.3) is 20.4 Å². The van der Waals surface area contributed by atoms with E-state index >= 15 is 0 Å². The fourth-order valence-electron chi connectivity index (χ4n) is 2.76. The van der Waals surface area contributed by atoms with Crippen LogP contribution in [0.4, 0.5) is 0 Å². The summed E-state index contributed by atoms with van der Waals surface area (Å²) in [6, 6.07) is 9.99. The number of para-hydroxylation sites is 1. The van der Waals surface area contributed by atoms with Gasteiger partial charge < -0.3 is 4.90 Å². The molecule has 0 aliphatic rings. The van der Waals surface area contributed by atoms with Gasteiger partial charge >= 0.3 is 0 Å². The van der Waals surface area contributed by atoms with Crippen molar-refractivity contribution in [3.63, 3.8) is 0 Å². The van der Waals surface area contributed by atoms with Gasteiger partial charge in [0, 0.05) is 19.5 Å². The predicted octanol–water partition coefficient (Wildman–Crippen LogP) is 3.83. The number of rotatable bonds is 3. The Morgan fingerprint density at radius 1 is 1.29 bits per heavy atom. The molecule has 4 aromatic rings. The lowest BCUT2D eigenvalue weighted by Gasteiger charge is -2.14. The molecule has 0 radical (unpaired) electrons. The number of hydrogen-bond donors (Lipinski definition) is 0. The number of benzene rings is 1. The summed E-state index contributed by atoms with van der Waals surface area (Å²) in [6.45, 7) is 2.48. The highest BCUT2D eigenvalue weighted by Crippen LogP contribution is 2.29. The normalized spacial score (nSPS) is 11.5. The lowest BCUT2D eigenvalue weighted by atomic mass is 10.3. The van der Waals surface area contributed by atoms with Gasteiger partial charge in [0.1, 0.15) is 9.84 Å². The molecule has 122 valence electrons. The molecule has 0 unspecified atom stereocenters. The molecule has 3 aromatic heterocycles. The molecule has 4 rings (SSSR count). The third-order valence-electron chi connectivity index (χ3n) is 3.96. The standard InChI is InChI=1S/C17H16N4OS2/c1-10-11-8-14(24-17(11)21(3)19-10)16(22)20(2)9-15-18-12-6-4-5-7-13(12)23-15/h4-8H,9H2,1-3H3. The number of carbonyl (C=O) groups is 1. The number of amides is 1. The van der Waals surface area contributed by atoms with Crippen molar-refractivity contribution in [1.29, 1.82) is 0 Å². The van der Waals surface area contributed by atoms with Crippen LogP contribution >= 0.6 is 22.7 Å². The van der Waals surface area contributed by atoms with Crippen molar-refractivity contribution in [2.45, 2.75) is 13.5 Å². The summed E-state index contributed by atoms with van der Waals surface area (Å²) in [5.41, 5.74) is 1.94. The fraction of sp³-hybridized carbons (Fsp3) is 0.235. The number of thiazole rings is 1. The lowest BCUT2D eigenvalue weighted by Crippen LogP contribution is -2.25. The van der Waals surface area contributed by atoms with E-state index in [2.05, 4.69) is 16.1 Å². The van der Waals surface area contributed by atoms with E-state index in [1.54, 1.807) is 16.2 Å². The van der Waals surface area contributed by atoms with E-state index in [-0.39, 0.29) is 5.91 Å². The minimum Gasteiger partial charge on any atom is -0.334 e. The van der Waals surface area contributed by atoms with Crippen molar-refractivity contribution in [1.82, 2.24) is 19.7 Å². The van der Waals surface area contributed by atoms with Gasteiger partial charge in [0.25, 0.3) is 5.91 Å². The second-order valence-corrected chi connectivity index (χ2v) is 7.92. The Hall–Kier alpha value is -2.25. The van der Waals surface area contributed by atoms with Gasteiger partial charge in [-0.05, 0) is 25.1 Å². The third kappa shape index (κ3) is 2.50. The van der Waals surface area contributed by atoms with Crippen LogP contribution in [0.3, 0.4) is 0 Å². The van der Waals surface area contributed by atoms with Gasteiger partial charge in [-0.1, -0.05) is 12.1 Å². The minimum absolute atomic E-state index is 0.0230. The van der Waals surface area contributed by atoms with E-state index in [4.69, 9.17) is 0 Å². The SMILES string of the molecule is Cc1nn(C)c2sc(C(=O)N(C)Cc3nc4ccccc4s3)cc12. The average molecular weight is 356 g/mol. The highest BCUT2D eigenvalue weighted by atomic mass is 32.1. The second-order valence-electron chi connectivity index (χ2n) is 5.78. The second kappa shape index (κ2) is 5.68. The monoisotopic (exact) mass is 356 g/mol. The summed E-state index contributed by atoms with van der Waals surface area (Å²) in [5, 5.41) is 6.39. The van der Waals surface area contributed by atoms with E-state index < -0.39 is 0 Å². The molecular weight excluding hydrogens is 340 g/mol. The van der Waals surface area contributed by atoms with Gasteiger partial charge in [-0.3, -0.25) is 9.48 Å². The number of nitrogens with zero attached hydrogens (tertiary/aromatic N) is 4. The molecule has 0 aliphatic heterocycles. The van der Waals surface area contributed by atoms with Gasteiger partial charge in [-0.2, -0.15) is 5.10 Å². The summed E-state index contributed by atoms with van der Waals surface area (Å²) in [5.74, 6) is 0.0230. The number of aryl methyl sites for hydroxylation is 2. The summed E-state index contributed by atoms with van der Waals surface area (Å²) < 4.78 is 2.98. The van der Waals surface area contributed by atoms with Gasteiger partial charge in [0.15, 0.2) is 0 Å². The molecule has 0 bridgehead atoms. The van der Waals surface area contributed by atoms with Gasteiger partial charge in [0.05, 0.1) is 27.3 Å². The van der Waals surface area contributed by atoms with Gasteiger partial charge in [-0.25, -0.2) is 4.98 Å². The molecule has 7 heteroatoms. The highest BCUT2D eigenvalue weighted by Gasteiger charge is 2.19. The quantitative estimate of drug-likeness (QED) is 0.561. The predicted molar refractivity (Wildman–Crippen MR) is 98.7 cm³/mol. The van der Waals surface area contributed by atoms with Crippen molar-refractivity contribution in [2.24, 2.45) is 7.05 Å². The summed E-state index contributed by atoms with van der Waals surface area (Å²) in [4.78, 5) is 20.8. The van der Waals surface area contributed by atoms with Crippen molar-refractivity contribution in [2.75, 3.05) is 7.05 Å². The maximum absolute atomic E-state index is 12.7. The molecule has 0 saturated carbocycles. The van der Waals surface area contributed by atoms with Crippen LogP contribution in [-0.4, -0.2) is 32.6 Å². The van der Waals surface area contributed by atoms with Crippen LogP contribution in [0.2, 0.25) is 0 Å². The van der Waals surface area contributed by atoms with Crippen LogP contribution in [0.15, 0.2) is 30.3 Å².